The third-order valence-electron chi connectivity index (χ3n) is 1.94. The van der Waals surface area contributed by atoms with E-state index in [4.69, 9.17) is 4.74 Å². The van der Waals surface area contributed by atoms with Gasteiger partial charge in [-0.15, -0.1) is 11.8 Å². The van der Waals surface area contributed by atoms with Crippen molar-refractivity contribution in [2.24, 2.45) is 0 Å². The van der Waals surface area contributed by atoms with E-state index in [9.17, 15) is 0 Å². The lowest BCUT2D eigenvalue weighted by atomic mass is 10.3. The Morgan fingerprint density at radius 1 is 1.46 bits per heavy atom. The Labute approximate surface area is 91.0 Å². The Morgan fingerprint density at radius 3 is 2.85 bits per heavy atom. The zero-order chi connectivity index (χ0) is 9.26. The Kier molecular flexibility index (Phi) is 2.84. The fourth-order valence-corrected chi connectivity index (χ4v) is 2.81. The molecule has 1 nitrogen and oxygen atoms in total. The lowest BCUT2D eigenvalue weighted by molar-refractivity contribution is 0.404. The number of benzene rings is 1. The van der Waals surface area contributed by atoms with Crippen LogP contribution in [-0.2, 0) is 0 Å². The van der Waals surface area contributed by atoms with Crippen molar-refractivity contribution in [1.82, 2.24) is 0 Å². The first-order valence-electron chi connectivity index (χ1n) is 4.30. The maximum Gasteiger partial charge on any atom is 0.132 e. The Hall–Kier alpha value is -0.150. The van der Waals surface area contributed by atoms with Crippen molar-refractivity contribution in [2.45, 2.75) is 23.0 Å². The van der Waals surface area contributed by atoms with Gasteiger partial charge in [0.15, 0.2) is 0 Å². The van der Waals surface area contributed by atoms with Crippen LogP contribution in [0.3, 0.4) is 0 Å². The molecule has 1 aromatic rings. The van der Waals surface area contributed by atoms with E-state index in [0.29, 0.717) is 0 Å². The number of rotatable bonds is 3. The van der Waals surface area contributed by atoms with Crippen LogP contribution in [0.4, 0.5) is 0 Å². The lowest BCUT2D eigenvalue weighted by Gasteiger charge is -2.07. The highest BCUT2D eigenvalue weighted by molar-refractivity contribution is 9.10. The first-order valence-corrected chi connectivity index (χ1v) is 5.97. The number of ether oxygens (including phenoxy) is 1. The number of methoxy groups -OCH3 is 1. The molecule has 70 valence electrons. The van der Waals surface area contributed by atoms with Crippen molar-refractivity contribution < 1.29 is 4.74 Å². The molecule has 13 heavy (non-hydrogen) atoms. The molecular weight excluding hydrogens is 248 g/mol. The van der Waals surface area contributed by atoms with E-state index in [-0.39, 0.29) is 0 Å². The highest BCUT2D eigenvalue weighted by Crippen LogP contribution is 2.43. The van der Waals surface area contributed by atoms with E-state index in [2.05, 4.69) is 22.0 Å². The Bertz CT molecular complexity index is 310. The molecule has 0 N–H and O–H groups in total. The van der Waals surface area contributed by atoms with Gasteiger partial charge < -0.3 is 4.74 Å². The van der Waals surface area contributed by atoms with Gasteiger partial charge in [-0.05, 0) is 31.0 Å². The second-order valence-electron chi connectivity index (χ2n) is 3.11. The zero-order valence-electron chi connectivity index (χ0n) is 7.42. The molecule has 0 spiro atoms. The van der Waals surface area contributed by atoms with E-state index >= 15 is 0 Å². The molecule has 1 saturated carbocycles. The molecule has 1 fully saturated rings. The minimum absolute atomic E-state index is 0.822. The molecule has 0 aliphatic heterocycles. The molecule has 0 bridgehead atoms. The van der Waals surface area contributed by atoms with Crippen LogP contribution in [0.25, 0.3) is 0 Å². The van der Waals surface area contributed by atoms with Gasteiger partial charge in [0.05, 0.1) is 12.0 Å². The summed E-state index contributed by atoms with van der Waals surface area (Å²) in [6.07, 6.45) is 2.70. The third kappa shape index (κ3) is 2.41. The first-order chi connectivity index (χ1) is 6.29. The summed E-state index contributed by atoms with van der Waals surface area (Å²) in [4.78, 5) is 1.25. The van der Waals surface area contributed by atoms with Gasteiger partial charge in [-0.25, -0.2) is 0 Å². The van der Waals surface area contributed by atoms with Gasteiger partial charge in [0, 0.05) is 9.72 Å². The van der Waals surface area contributed by atoms with Gasteiger partial charge in [0.2, 0.25) is 0 Å². The van der Waals surface area contributed by atoms with E-state index in [1.165, 1.54) is 17.7 Å². The molecule has 0 amide bonds. The highest BCUT2D eigenvalue weighted by Gasteiger charge is 2.23. The van der Waals surface area contributed by atoms with Gasteiger partial charge in [0.1, 0.15) is 5.75 Å². The lowest BCUT2D eigenvalue weighted by Crippen LogP contribution is -1.86. The molecule has 0 unspecified atom stereocenters. The summed E-state index contributed by atoms with van der Waals surface area (Å²) in [6, 6.07) is 6.15. The molecule has 1 aromatic carbocycles. The quantitative estimate of drug-likeness (QED) is 0.818. The molecule has 0 aromatic heterocycles. The Morgan fingerprint density at radius 2 is 2.23 bits per heavy atom. The van der Waals surface area contributed by atoms with Crippen LogP contribution in [-0.4, -0.2) is 12.4 Å². The van der Waals surface area contributed by atoms with Gasteiger partial charge in [-0.3, -0.25) is 0 Å². The van der Waals surface area contributed by atoms with Crippen molar-refractivity contribution in [3.8, 4) is 5.75 Å². The maximum atomic E-state index is 5.29. The van der Waals surface area contributed by atoms with Crippen LogP contribution >= 0.6 is 27.7 Å². The zero-order valence-corrected chi connectivity index (χ0v) is 9.82. The maximum absolute atomic E-state index is 5.29. The molecule has 1 aliphatic carbocycles. The van der Waals surface area contributed by atoms with Gasteiger partial charge >= 0.3 is 0 Å². The fraction of sp³-hybridized carbons (Fsp3) is 0.400. The predicted molar refractivity (Wildman–Crippen MR) is 59.6 cm³/mol. The largest absolute Gasteiger partial charge is 0.496 e. The summed E-state index contributed by atoms with van der Waals surface area (Å²) in [5.74, 6) is 0.986. The molecular formula is C10H11BrOS. The number of hydrogen-bond acceptors (Lipinski definition) is 2. The summed E-state index contributed by atoms with van der Waals surface area (Å²) < 4.78 is 6.41. The van der Waals surface area contributed by atoms with Gasteiger partial charge in [-0.1, -0.05) is 15.9 Å². The van der Waals surface area contributed by atoms with Crippen LogP contribution in [0.2, 0.25) is 0 Å². The minimum Gasteiger partial charge on any atom is -0.496 e. The van der Waals surface area contributed by atoms with Gasteiger partial charge in [0.25, 0.3) is 0 Å². The third-order valence-corrected chi connectivity index (χ3v) is 3.81. The van der Waals surface area contributed by atoms with Crippen molar-refractivity contribution in [3.05, 3.63) is 22.7 Å². The molecule has 0 atom stereocenters. The topological polar surface area (TPSA) is 9.23 Å². The molecule has 0 saturated heterocycles. The normalized spacial score (nSPS) is 15.8. The molecule has 3 heteroatoms. The van der Waals surface area contributed by atoms with Gasteiger partial charge in [-0.2, -0.15) is 0 Å². The second-order valence-corrected chi connectivity index (χ2v) is 5.37. The van der Waals surface area contributed by atoms with E-state index in [1.54, 1.807) is 7.11 Å². The monoisotopic (exact) mass is 258 g/mol. The van der Waals surface area contributed by atoms with E-state index < -0.39 is 0 Å². The standard InChI is InChI=1S/C10H11BrOS/c1-12-9-5-2-7(11)6-10(9)13-8-3-4-8/h2,5-6,8H,3-4H2,1H3. The SMILES string of the molecule is COc1ccc(Br)cc1SC1CC1. The van der Waals surface area contributed by atoms with Crippen LogP contribution < -0.4 is 4.74 Å². The average molecular weight is 259 g/mol. The highest BCUT2D eigenvalue weighted by atomic mass is 79.9. The molecule has 2 rings (SSSR count). The first kappa shape index (κ1) is 9.41. The Balaban J connectivity index is 2.22. The number of halogens is 1. The van der Waals surface area contributed by atoms with Crippen molar-refractivity contribution in [1.29, 1.82) is 0 Å². The summed E-state index contributed by atoms with van der Waals surface area (Å²) in [6.45, 7) is 0. The predicted octanol–water partition coefficient (Wildman–Crippen LogP) is 3.71. The average Bonchev–Trinajstić information content (AvgIpc) is 2.89. The second kappa shape index (κ2) is 3.93. The minimum atomic E-state index is 0.822. The van der Waals surface area contributed by atoms with Crippen LogP contribution in [0.15, 0.2) is 27.6 Å². The smallest absolute Gasteiger partial charge is 0.132 e. The van der Waals surface area contributed by atoms with Crippen LogP contribution in [0.1, 0.15) is 12.8 Å². The van der Waals surface area contributed by atoms with E-state index in [0.717, 1.165) is 15.5 Å². The summed E-state index contributed by atoms with van der Waals surface area (Å²) in [5, 5.41) is 0.822. The fourth-order valence-electron chi connectivity index (χ4n) is 1.11. The molecule has 0 radical (unpaired) electrons. The molecule has 1 aliphatic rings. The van der Waals surface area contributed by atoms with Crippen molar-refractivity contribution in [2.75, 3.05) is 7.11 Å². The summed E-state index contributed by atoms with van der Waals surface area (Å²) in [7, 11) is 1.72. The number of thioether (sulfide) groups is 1. The van der Waals surface area contributed by atoms with Crippen LogP contribution in [0, 0.1) is 0 Å². The van der Waals surface area contributed by atoms with E-state index in [1.807, 2.05) is 23.9 Å². The van der Waals surface area contributed by atoms with Crippen LogP contribution in [0.5, 0.6) is 5.75 Å². The summed E-state index contributed by atoms with van der Waals surface area (Å²) >= 11 is 5.39. The summed E-state index contributed by atoms with van der Waals surface area (Å²) in [5.41, 5.74) is 0. The van der Waals surface area contributed by atoms with Crippen molar-refractivity contribution in [3.63, 3.8) is 0 Å². The van der Waals surface area contributed by atoms with Crippen molar-refractivity contribution >= 4 is 27.7 Å². The number of hydrogen-bond donors (Lipinski definition) is 0. The molecule has 0 heterocycles.